The van der Waals surface area contributed by atoms with Gasteiger partial charge in [0.05, 0.1) is 11.4 Å². The molecule has 0 saturated heterocycles. The number of pyridine rings is 2. The number of hydrogen-bond acceptors (Lipinski definition) is 2. The first kappa shape index (κ1) is 12.7. The predicted molar refractivity (Wildman–Crippen MR) is 90.4 cm³/mol. The highest BCUT2D eigenvalue weighted by atomic mass is 14.8. The van der Waals surface area contributed by atoms with Gasteiger partial charge in [0, 0.05) is 18.0 Å². The Morgan fingerprint density at radius 1 is 0.545 bits per heavy atom. The molecule has 0 atom stereocenters. The summed E-state index contributed by atoms with van der Waals surface area (Å²) < 4.78 is 0. The lowest BCUT2D eigenvalue weighted by Crippen LogP contribution is -1.91. The van der Waals surface area contributed by atoms with Crippen LogP contribution in [0.3, 0.4) is 0 Å². The quantitative estimate of drug-likeness (QED) is 0.519. The highest BCUT2D eigenvalue weighted by Gasteiger charge is 2.11. The molecule has 104 valence electrons. The van der Waals surface area contributed by atoms with Crippen LogP contribution in [-0.2, 0) is 0 Å². The van der Waals surface area contributed by atoms with E-state index in [0.29, 0.717) is 0 Å². The Balaban J connectivity index is 2.01. The van der Waals surface area contributed by atoms with Crippen molar-refractivity contribution in [2.45, 2.75) is 0 Å². The monoisotopic (exact) mass is 282 g/mol. The number of nitrogens with zero attached hydrogens (tertiary/aromatic N) is 2. The van der Waals surface area contributed by atoms with Crippen molar-refractivity contribution in [1.29, 1.82) is 0 Å². The van der Waals surface area contributed by atoms with Crippen LogP contribution in [-0.4, -0.2) is 9.97 Å². The van der Waals surface area contributed by atoms with Crippen LogP contribution in [0.5, 0.6) is 0 Å². The molecule has 2 nitrogen and oxygen atoms in total. The molecule has 4 aromatic rings. The third-order valence-electron chi connectivity index (χ3n) is 3.80. The van der Waals surface area contributed by atoms with Gasteiger partial charge in [-0.3, -0.25) is 9.97 Å². The second-order valence-corrected chi connectivity index (χ2v) is 5.14. The molecule has 4 rings (SSSR count). The third-order valence-corrected chi connectivity index (χ3v) is 3.80. The summed E-state index contributed by atoms with van der Waals surface area (Å²) in [7, 11) is 0. The van der Waals surface area contributed by atoms with E-state index in [1.165, 1.54) is 16.3 Å². The van der Waals surface area contributed by atoms with Crippen molar-refractivity contribution in [2.75, 3.05) is 0 Å². The molecule has 0 amide bonds. The summed E-state index contributed by atoms with van der Waals surface area (Å²) in [5, 5.41) is 2.46. The second-order valence-electron chi connectivity index (χ2n) is 5.14. The lowest BCUT2D eigenvalue weighted by molar-refractivity contribution is 1.25. The zero-order chi connectivity index (χ0) is 14.8. The zero-order valence-corrected chi connectivity index (χ0v) is 12.0. The molecule has 0 radical (unpaired) electrons. The molecule has 0 aliphatic heterocycles. The van der Waals surface area contributed by atoms with Gasteiger partial charge in [-0.15, -0.1) is 0 Å². The maximum atomic E-state index is 4.57. The van der Waals surface area contributed by atoms with Crippen LogP contribution in [0.25, 0.3) is 33.3 Å². The van der Waals surface area contributed by atoms with Gasteiger partial charge in [0.2, 0.25) is 0 Å². The van der Waals surface area contributed by atoms with Gasteiger partial charge < -0.3 is 0 Å². The standard InChI is InChI=1S/C20H14N2/c1-2-9-16-15(7-1)8-5-10-17(16)18-11-6-14-22-20(18)19-12-3-4-13-21-19/h1-14H. The third kappa shape index (κ3) is 2.15. The normalized spacial score (nSPS) is 10.7. The molecule has 0 bridgehead atoms. The van der Waals surface area contributed by atoms with Gasteiger partial charge in [0.15, 0.2) is 0 Å². The van der Waals surface area contributed by atoms with Gasteiger partial charge in [-0.05, 0) is 34.5 Å². The minimum atomic E-state index is 0.894. The van der Waals surface area contributed by atoms with Crippen molar-refractivity contribution in [3.8, 4) is 22.5 Å². The molecule has 0 unspecified atom stereocenters. The van der Waals surface area contributed by atoms with E-state index in [1.807, 2.05) is 30.5 Å². The predicted octanol–water partition coefficient (Wildman–Crippen LogP) is 4.96. The van der Waals surface area contributed by atoms with Crippen LogP contribution < -0.4 is 0 Å². The summed E-state index contributed by atoms with van der Waals surface area (Å²) in [6.07, 6.45) is 3.62. The van der Waals surface area contributed by atoms with Crippen LogP contribution in [0.15, 0.2) is 85.2 Å². The summed E-state index contributed by atoms with van der Waals surface area (Å²) in [4.78, 5) is 9.02. The number of benzene rings is 2. The van der Waals surface area contributed by atoms with E-state index in [-0.39, 0.29) is 0 Å². The van der Waals surface area contributed by atoms with Gasteiger partial charge in [-0.2, -0.15) is 0 Å². The first-order valence-corrected chi connectivity index (χ1v) is 7.28. The van der Waals surface area contributed by atoms with E-state index in [2.05, 4.69) is 58.5 Å². The molecule has 2 aromatic carbocycles. The highest BCUT2D eigenvalue weighted by molar-refractivity contribution is 5.99. The smallest absolute Gasteiger partial charge is 0.0964 e. The maximum Gasteiger partial charge on any atom is 0.0964 e. The number of aromatic nitrogens is 2. The first-order valence-electron chi connectivity index (χ1n) is 7.28. The van der Waals surface area contributed by atoms with Gasteiger partial charge in [0.1, 0.15) is 0 Å². The van der Waals surface area contributed by atoms with Gasteiger partial charge in [-0.1, -0.05) is 54.6 Å². The lowest BCUT2D eigenvalue weighted by atomic mass is 9.96. The minimum Gasteiger partial charge on any atom is -0.255 e. The summed E-state index contributed by atoms with van der Waals surface area (Å²) in [5.74, 6) is 0. The molecular weight excluding hydrogens is 268 g/mol. The summed E-state index contributed by atoms with van der Waals surface area (Å²) in [6, 6.07) is 24.8. The molecule has 0 fully saturated rings. The molecule has 0 aliphatic carbocycles. The van der Waals surface area contributed by atoms with Crippen molar-refractivity contribution in [3.05, 3.63) is 85.2 Å². The Morgan fingerprint density at radius 2 is 1.32 bits per heavy atom. The lowest BCUT2D eigenvalue weighted by Gasteiger charge is -2.11. The van der Waals surface area contributed by atoms with E-state index in [4.69, 9.17) is 0 Å². The fourth-order valence-electron chi connectivity index (χ4n) is 2.79. The Hall–Kier alpha value is -3.00. The summed E-state index contributed by atoms with van der Waals surface area (Å²) >= 11 is 0. The van der Waals surface area contributed by atoms with E-state index in [9.17, 15) is 0 Å². The highest BCUT2D eigenvalue weighted by Crippen LogP contribution is 2.33. The minimum absolute atomic E-state index is 0.894. The van der Waals surface area contributed by atoms with E-state index in [0.717, 1.165) is 17.0 Å². The molecule has 2 heterocycles. The second kappa shape index (κ2) is 5.41. The molecule has 0 saturated carbocycles. The Bertz CT molecular complexity index is 925. The number of fused-ring (bicyclic) bond motifs is 1. The molecule has 0 aliphatic rings. The van der Waals surface area contributed by atoms with Crippen molar-refractivity contribution in [2.24, 2.45) is 0 Å². The van der Waals surface area contributed by atoms with Crippen LogP contribution >= 0.6 is 0 Å². The molecular formula is C20H14N2. The Kier molecular flexibility index (Phi) is 3.13. The topological polar surface area (TPSA) is 25.8 Å². The molecule has 2 aromatic heterocycles. The maximum absolute atomic E-state index is 4.57. The van der Waals surface area contributed by atoms with Crippen molar-refractivity contribution < 1.29 is 0 Å². The fourth-order valence-corrected chi connectivity index (χ4v) is 2.79. The van der Waals surface area contributed by atoms with Gasteiger partial charge in [0.25, 0.3) is 0 Å². The van der Waals surface area contributed by atoms with E-state index in [1.54, 1.807) is 6.20 Å². The van der Waals surface area contributed by atoms with Gasteiger partial charge >= 0.3 is 0 Å². The summed E-state index contributed by atoms with van der Waals surface area (Å²) in [5.41, 5.74) is 4.11. The van der Waals surface area contributed by atoms with Crippen LogP contribution in [0.1, 0.15) is 0 Å². The SMILES string of the molecule is c1ccc(-c2ncccc2-c2cccc3ccccc23)nc1. The van der Waals surface area contributed by atoms with Crippen molar-refractivity contribution in [1.82, 2.24) is 9.97 Å². The average Bonchev–Trinajstić information content (AvgIpc) is 2.62. The number of rotatable bonds is 2. The molecule has 0 spiro atoms. The first-order chi connectivity index (χ1) is 10.9. The molecule has 2 heteroatoms. The number of hydrogen-bond donors (Lipinski definition) is 0. The molecule has 22 heavy (non-hydrogen) atoms. The Labute approximate surface area is 129 Å². The Morgan fingerprint density at radius 3 is 2.23 bits per heavy atom. The van der Waals surface area contributed by atoms with Crippen LogP contribution in [0.4, 0.5) is 0 Å². The van der Waals surface area contributed by atoms with Crippen LogP contribution in [0, 0.1) is 0 Å². The molecule has 0 N–H and O–H groups in total. The zero-order valence-electron chi connectivity index (χ0n) is 12.0. The van der Waals surface area contributed by atoms with E-state index < -0.39 is 0 Å². The van der Waals surface area contributed by atoms with Crippen molar-refractivity contribution >= 4 is 10.8 Å². The van der Waals surface area contributed by atoms with E-state index >= 15 is 0 Å². The average molecular weight is 282 g/mol. The van der Waals surface area contributed by atoms with Crippen molar-refractivity contribution in [3.63, 3.8) is 0 Å². The van der Waals surface area contributed by atoms with Crippen LogP contribution in [0.2, 0.25) is 0 Å². The largest absolute Gasteiger partial charge is 0.255 e. The summed E-state index contributed by atoms with van der Waals surface area (Å²) in [6.45, 7) is 0. The fraction of sp³-hybridized carbons (Fsp3) is 0. The van der Waals surface area contributed by atoms with Gasteiger partial charge in [-0.25, -0.2) is 0 Å².